The van der Waals surface area contributed by atoms with Crippen molar-refractivity contribution in [2.45, 2.75) is 18.6 Å². The molecule has 10 heteroatoms. The number of nitrogens with one attached hydrogen (secondary N) is 1. The molecule has 1 saturated heterocycles. The first-order valence-corrected chi connectivity index (χ1v) is 11.4. The normalized spacial score (nSPS) is 16.3. The maximum absolute atomic E-state index is 13.3. The molecule has 2 aromatic carbocycles. The van der Waals surface area contributed by atoms with Crippen molar-refractivity contribution in [2.24, 2.45) is 0 Å². The lowest BCUT2D eigenvalue weighted by molar-refractivity contribution is -0.174. The second-order valence-electron chi connectivity index (χ2n) is 8.05. The third-order valence-corrected chi connectivity index (χ3v) is 5.88. The molecule has 1 unspecified atom stereocenters. The molecule has 0 bridgehead atoms. The molecule has 0 saturated carbocycles. The van der Waals surface area contributed by atoms with Gasteiger partial charge in [0, 0.05) is 45.0 Å². The molecule has 0 spiro atoms. The molecule has 6 nitrogen and oxygen atoms in total. The van der Waals surface area contributed by atoms with Crippen LogP contribution in [0.4, 0.5) is 18.9 Å². The van der Waals surface area contributed by atoms with Crippen molar-refractivity contribution in [3.63, 3.8) is 0 Å². The van der Waals surface area contributed by atoms with Crippen LogP contribution in [-0.2, 0) is 9.53 Å². The van der Waals surface area contributed by atoms with E-state index in [1.54, 1.807) is 18.2 Å². The monoisotopic (exact) mass is 499 g/mol. The summed E-state index contributed by atoms with van der Waals surface area (Å²) in [5.74, 6) is 0.362. The fraction of sp³-hybridized carbons (Fsp3) is 0.458. The van der Waals surface area contributed by atoms with Crippen molar-refractivity contribution in [2.75, 3.05) is 58.4 Å². The zero-order chi connectivity index (χ0) is 24.6. The quantitative estimate of drug-likeness (QED) is 0.484. The molecule has 1 amide bonds. The maximum atomic E-state index is 13.3. The molecule has 1 atom stereocenters. The van der Waals surface area contributed by atoms with Crippen LogP contribution in [0, 0.1) is 0 Å². The topological polar surface area (TPSA) is 54.0 Å². The lowest BCUT2D eigenvalue weighted by atomic mass is 10.0. The number of carbonyl (C=O) groups is 1. The Labute approximate surface area is 202 Å². The minimum Gasteiger partial charge on any atom is -0.495 e. The molecule has 1 N–H and O–H groups in total. The minimum absolute atomic E-state index is 0.0686. The number of halogens is 4. The minimum atomic E-state index is -4.30. The summed E-state index contributed by atoms with van der Waals surface area (Å²) in [7, 11) is 1.53. The summed E-state index contributed by atoms with van der Waals surface area (Å²) in [5.41, 5.74) is 1.46. The predicted octanol–water partition coefficient (Wildman–Crippen LogP) is 4.62. The highest BCUT2D eigenvalue weighted by Gasteiger charge is 2.31. The number of piperazine rings is 1. The standard InChI is InChI=1S/C24H29ClF3N3O3/c1-33-21-9-8-19(16-20(21)25)29-23(32)22(18-6-3-2-4-7-18)31-13-11-30(12-14-31)10-5-15-34-17-24(26,27)28/h2-4,6-9,16,22H,5,10-15,17H2,1H3,(H,29,32). The summed E-state index contributed by atoms with van der Waals surface area (Å²) >= 11 is 6.20. The number of amides is 1. The summed E-state index contributed by atoms with van der Waals surface area (Å²) < 4.78 is 46.4. The van der Waals surface area contributed by atoms with Gasteiger partial charge in [-0.25, -0.2) is 0 Å². The van der Waals surface area contributed by atoms with Gasteiger partial charge in [-0.2, -0.15) is 13.2 Å². The average molecular weight is 500 g/mol. The Morgan fingerprint density at radius 3 is 2.44 bits per heavy atom. The number of alkyl halides is 3. The Hall–Kier alpha value is -2.33. The van der Waals surface area contributed by atoms with Gasteiger partial charge in [0.15, 0.2) is 0 Å². The number of benzene rings is 2. The van der Waals surface area contributed by atoms with Crippen molar-refractivity contribution < 1.29 is 27.4 Å². The fourth-order valence-corrected chi connectivity index (χ4v) is 4.20. The molecule has 0 aliphatic carbocycles. The molecule has 186 valence electrons. The van der Waals surface area contributed by atoms with Crippen molar-refractivity contribution in [3.05, 3.63) is 59.1 Å². The number of hydrogen-bond donors (Lipinski definition) is 1. The van der Waals surface area contributed by atoms with E-state index in [0.717, 1.165) is 5.56 Å². The van der Waals surface area contributed by atoms with E-state index in [4.69, 9.17) is 16.3 Å². The summed E-state index contributed by atoms with van der Waals surface area (Å²) in [6, 6.07) is 14.2. The average Bonchev–Trinajstić information content (AvgIpc) is 2.80. The summed E-state index contributed by atoms with van der Waals surface area (Å²) in [6.45, 7) is 2.24. The molecule has 1 aliphatic heterocycles. The Morgan fingerprint density at radius 2 is 1.82 bits per heavy atom. The molecule has 34 heavy (non-hydrogen) atoms. The first-order valence-electron chi connectivity index (χ1n) is 11.1. The van der Waals surface area contributed by atoms with Crippen LogP contribution in [0.2, 0.25) is 5.02 Å². The van der Waals surface area contributed by atoms with Crippen LogP contribution in [0.5, 0.6) is 5.75 Å². The third kappa shape index (κ3) is 7.87. The molecular formula is C24H29ClF3N3O3. The van der Waals surface area contributed by atoms with Crippen LogP contribution in [0.15, 0.2) is 48.5 Å². The highest BCUT2D eigenvalue weighted by atomic mass is 35.5. The predicted molar refractivity (Wildman–Crippen MR) is 125 cm³/mol. The van der Waals surface area contributed by atoms with Gasteiger partial charge in [0.25, 0.3) is 0 Å². The smallest absolute Gasteiger partial charge is 0.411 e. The molecule has 1 heterocycles. The molecule has 3 rings (SSSR count). The van der Waals surface area contributed by atoms with Crippen LogP contribution < -0.4 is 10.1 Å². The number of methoxy groups -OCH3 is 1. The first-order chi connectivity index (χ1) is 16.3. The van der Waals surface area contributed by atoms with Gasteiger partial charge in [0.05, 0.1) is 12.1 Å². The van der Waals surface area contributed by atoms with Crippen LogP contribution in [0.3, 0.4) is 0 Å². The number of anilines is 1. The zero-order valence-corrected chi connectivity index (χ0v) is 19.7. The van der Waals surface area contributed by atoms with Crippen LogP contribution >= 0.6 is 11.6 Å². The van der Waals surface area contributed by atoms with Crippen molar-refractivity contribution in [1.29, 1.82) is 0 Å². The molecule has 0 radical (unpaired) electrons. The Morgan fingerprint density at radius 1 is 1.12 bits per heavy atom. The Bertz CT molecular complexity index is 923. The number of hydrogen-bond acceptors (Lipinski definition) is 5. The van der Waals surface area contributed by atoms with Gasteiger partial charge in [-0.3, -0.25) is 9.69 Å². The molecule has 1 fully saturated rings. The third-order valence-electron chi connectivity index (χ3n) is 5.58. The first kappa shape index (κ1) is 26.3. The molecule has 0 aromatic heterocycles. The molecular weight excluding hydrogens is 471 g/mol. The second-order valence-corrected chi connectivity index (χ2v) is 8.46. The van der Waals surface area contributed by atoms with Crippen LogP contribution in [0.1, 0.15) is 18.0 Å². The van der Waals surface area contributed by atoms with Gasteiger partial charge in [0.2, 0.25) is 5.91 Å². The number of ether oxygens (including phenoxy) is 2. The van der Waals surface area contributed by atoms with E-state index < -0.39 is 18.8 Å². The Kier molecular flexibility index (Phi) is 9.58. The van der Waals surface area contributed by atoms with E-state index in [1.807, 2.05) is 30.3 Å². The fourth-order valence-electron chi connectivity index (χ4n) is 3.94. The highest BCUT2D eigenvalue weighted by Crippen LogP contribution is 2.29. The van der Waals surface area contributed by atoms with E-state index in [2.05, 4.69) is 19.9 Å². The number of carbonyl (C=O) groups excluding carboxylic acids is 1. The lowest BCUT2D eigenvalue weighted by Gasteiger charge is -2.38. The highest BCUT2D eigenvalue weighted by molar-refractivity contribution is 6.32. The number of rotatable bonds is 10. The lowest BCUT2D eigenvalue weighted by Crippen LogP contribution is -2.50. The van der Waals surface area contributed by atoms with Crippen LogP contribution in [0.25, 0.3) is 0 Å². The van der Waals surface area contributed by atoms with Gasteiger partial charge in [-0.05, 0) is 30.2 Å². The van der Waals surface area contributed by atoms with Gasteiger partial charge in [-0.15, -0.1) is 0 Å². The molecule has 2 aromatic rings. The van der Waals surface area contributed by atoms with E-state index in [1.165, 1.54) is 7.11 Å². The molecule has 1 aliphatic rings. The Balaban J connectivity index is 1.58. The largest absolute Gasteiger partial charge is 0.495 e. The van der Waals surface area contributed by atoms with E-state index in [-0.39, 0.29) is 12.5 Å². The van der Waals surface area contributed by atoms with Gasteiger partial charge >= 0.3 is 6.18 Å². The van der Waals surface area contributed by atoms with Crippen molar-refractivity contribution in [1.82, 2.24) is 9.80 Å². The van der Waals surface area contributed by atoms with Crippen molar-refractivity contribution in [3.8, 4) is 5.75 Å². The van der Waals surface area contributed by atoms with E-state index in [0.29, 0.717) is 55.6 Å². The number of nitrogens with zero attached hydrogens (tertiary/aromatic N) is 2. The summed E-state index contributed by atoms with van der Waals surface area (Å²) in [5, 5.41) is 3.37. The van der Waals surface area contributed by atoms with Gasteiger partial charge in [-0.1, -0.05) is 41.9 Å². The van der Waals surface area contributed by atoms with E-state index in [9.17, 15) is 18.0 Å². The maximum Gasteiger partial charge on any atom is 0.411 e. The zero-order valence-electron chi connectivity index (χ0n) is 19.0. The van der Waals surface area contributed by atoms with Crippen molar-refractivity contribution >= 4 is 23.2 Å². The van der Waals surface area contributed by atoms with E-state index >= 15 is 0 Å². The second kappa shape index (κ2) is 12.4. The van der Waals surface area contributed by atoms with Gasteiger partial charge < -0.3 is 19.7 Å². The SMILES string of the molecule is COc1ccc(NC(=O)C(c2ccccc2)N2CCN(CCCOCC(F)(F)F)CC2)cc1Cl. The summed E-state index contributed by atoms with van der Waals surface area (Å²) in [4.78, 5) is 17.6. The van der Waals surface area contributed by atoms with Gasteiger partial charge in [0.1, 0.15) is 18.4 Å². The summed E-state index contributed by atoms with van der Waals surface area (Å²) in [6.07, 6.45) is -3.77. The van der Waals surface area contributed by atoms with Crippen LogP contribution in [-0.4, -0.2) is 74.9 Å².